The van der Waals surface area contributed by atoms with Gasteiger partial charge in [0.2, 0.25) is 5.91 Å². The Balaban J connectivity index is 1.72. The molecule has 3 rings (SSSR count). The van der Waals surface area contributed by atoms with Gasteiger partial charge in [-0.3, -0.25) is 9.69 Å². The van der Waals surface area contributed by atoms with E-state index < -0.39 is 17.6 Å². The van der Waals surface area contributed by atoms with Crippen molar-refractivity contribution in [2.45, 2.75) is 46.2 Å². The van der Waals surface area contributed by atoms with E-state index in [-0.39, 0.29) is 29.5 Å². The largest absolute Gasteiger partial charge is 0.416 e. The van der Waals surface area contributed by atoms with Crippen LogP contribution in [0.2, 0.25) is 0 Å². The highest BCUT2D eigenvalue weighted by molar-refractivity contribution is 5.93. The van der Waals surface area contributed by atoms with E-state index >= 15 is 0 Å². The molecular formula is C22H24F4N2O. The number of hydrogen-bond acceptors (Lipinski definition) is 2. The zero-order valence-electron chi connectivity index (χ0n) is 16.7. The van der Waals surface area contributed by atoms with Crippen LogP contribution in [0, 0.1) is 24.1 Å². The number of piperidine rings is 1. The maximum absolute atomic E-state index is 14.2. The van der Waals surface area contributed by atoms with E-state index in [1.54, 1.807) is 13.0 Å². The molecule has 2 aromatic rings. The molecule has 1 atom stereocenters. The van der Waals surface area contributed by atoms with E-state index in [0.29, 0.717) is 30.5 Å². The SMILES string of the molecule is Cc1cnc(N2CC[C@@H](C(C)(C)Cc3cccc(C(F)(F)F)c3)CC2=O)c(F)c1. The van der Waals surface area contributed by atoms with Crippen LogP contribution < -0.4 is 4.90 Å². The maximum atomic E-state index is 14.2. The Morgan fingerprint density at radius 2 is 1.93 bits per heavy atom. The first-order chi connectivity index (χ1) is 13.5. The maximum Gasteiger partial charge on any atom is 0.416 e. The van der Waals surface area contributed by atoms with Crippen molar-refractivity contribution in [1.82, 2.24) is 4.98 Å². The minimum absolute atomic E-state index is 0.0192. The lowest BCUT2D eigenvalue weighted by atomic mass is 9.70. The molecule has 0 unspecified atom stereocenters. The van der Waals surface area contributed by atoms with Gasteiger partial charge in [0.05, 0.1) is 5.56 Å². The van der Waals surface area contributed by atoms with Crippen molar-refractivity contribution in [2.24, 2.45) is 11.3 Å². The second kappa shape index (κ2) is 7.76. The first kappa shape index (κ1) is 21.3. The lowest BCUT2D eigenvalue weighted by Gasteiger charge is -2.40. The van der Waals surface area contributed by atoms with Gasteiger partial charge >= 0.3 is 6.18 Å². The summed E-state index contributed by atoms with van der Waals surface area (Å²) in [4.78, 5) is 18.1. The van der Waals surface area contributed by atoms with E-state index in [2.05, 4.69) is 4.98 Å². The highest BCUT2D eigenvalue weighted by atomic mass is 19.4. The first-order valence-corrected chi connectivity index (χ1v) is 9.56. The lowest BCUT2D eigenvalue weighted by Crippen LogP contribution is -2.44. The van der Waals surface area contributed by atoms with Crippen LogP contribution in [0.3, 0.4) is 0 Å². The van der Waals surface area contributed by atoms with Gasteiger partial charge in [0.1, 0.15) is 0 Å². The summed E-state index contributed by atoms with van der Waals surface area (Å²) in [5, 5.41) is 0. The number of nitrogens with zero attached hydrogens (tertiary/aromatic N) is 2. The Hall–Kier alpha value is -2.44. The number of alkyl halides is 3. The quantitative estimate of drug-likeness (QED) is 0.621. The third-order valence-electron chi connectivity index (χ3n) is 5.66. The van der Waals surface area contributed by atoms with Crippen molar-refractivity contribution < 1.29 is 22.4 Å². The van der Waals surface area contributed by atoms with E-state index in [0.717, 1.165) is 6.07 Å². The van der Waals surface area contributed by atoms with Gasteiger partial charge in [0, 0.05) is 19.2 Å². The van der Waals surface area contributed by atoms with Crippen molar-refractivity contribution in [2.75, 3.05) is 11.4 Å². The molecule has 7 heteroatoms. The third kappa shape index (κ3) is 4.77. The van der Waals surface area contributed by atoms with Crippen LogP contribution in [0.25, 0.3) is 0 Å². The van der Waals surface area contributed by atoms with Crippen LogP contribution in [-0.2, 0) is 17.4 Å². The molecule has 1 aliphatic heterocycles. The molecule has 0 bridgehead atoms. The molecule has 0 N–H and O–H groups in total. The van der Waals surface area contributed by atoms with E-state index in [4.69, 9.17) is 0 Å². The summed E-state index contributed by atoms with van der Waals surface area (Å²) in [5.41, 5.74) is 0.213. The molecule has 1 aromatic carbocycles. The molecule has 3 nitrogen and oxygen atoms in total. The fourth-order valence-corrected chi connectivity index (χ4v) is 3.98. The molecule has 0 saturated carbocycles. The van der Waals surface area contributed by atoms with Crippen LogP contribution in [-0.4, -0.2) is 17.4 Å². The van der Waals surface area contributed by atoms with Gasteiger partial charge in [-0.25, -0.2) is 9.37 Å². The Morgan fingerprint density at radius 1 is 1.21 bits per heavy atom. The molecule has 0 aliphatic carbocycles. The fourth-order valence-electron chi connectivity index (χ4n) is 3.98. The Bertz CT molecular complexity index is 908. The second-order valence-corrected chi connectivity index (χ2v) is 8.42. The van der Waals surface area contributed by atoms with Crippen LogP contribution in [0.4, 0.5) is 23.4 Å². The molecule has 2 heterocycles. The molecular weight excluding hydrogens is 384 g/mol. The van der Waals surface area contributed by atoms with Gasteiger partial charge in [-0.05, 0) is 54.4 Å². The summed E-state index contributed by atoms with van der Waals surface area (Å²) >= 11 is 0. The number of amides is 1. The minimum atomic E-state index is -4.38. The van der Waals surface area contributed by atoms with Crippen LogP contribution >= 0.6 is 0 Å². The zero-order valence-corrected chi connectivity index (χ0v) is 16.7. The van der Waals surface area contributed by atoms with Crippen molar-refractivity contribution in [3.05, 3.63) is 59.0 Å². The summed E-state index contributed by atoms with van der Waals surface area (Å²) in [6.45, 7) is 5.99. The van der Waals surface area contributed by atoms with Crippen molar-refractivity contribution in [3.63, 3.8) is 0 Å². The number of pyridine rings is 1. The van der Waals surface area contributed by atoms with Gasteiger partial charge in [0.15, 0.2) is 11.6 Å². The number of anilines is 1. The Morgan fingerprint density at radius 3 is 2.55 bits per heavy atom. The minimum Gasteiger partial charge on any atom is -0.294 e. The van der Waals surface area contributed by atoms with Crippen molar-refractivity contribution >= 4 is 11.7 Å². The summed E-state index contributed by atoms with van der Waals surface area (Å²) in [5.74, 6) is -0.724. The number of aromatic nitrogens is 1. The van der Waals surface area contributed by atoms with Crippen LogP contribution in [0.5, 0.6) is 0 Å². The number of halogens is 4. The molecule has 0 radical (unpaired) electrons. The van der Waals surface area contributed by atoms with E-state index in [1.807, 2.05) is 13.8 Å². The molecule has 1 aromatic heterocycles. The molecule has 1 aliphatic rings. The van der Waals surface area contributed by atoms with Crippen molar-refractivity contribution in [1.29, 1.82) is 0 Å². The number of carbonyl (C=O) groups is 1. The first-order valence-electron chi connectivity index (χ1n) is 9.56. The topological polar surface area (TPSA) is 33.2 Å². The smallest absolute Gasteiger partial charge is 0.294 e. The van der Waals surface area contributed by atoms with Crippen molar-refractivity contribution in [3.8, 4) is 0 Å². The normalized spacial score (nSPS) is 18.2. The monoisotopic (exact) mass is 408 g/mol. The van der Waals surface area contributed by atoms with Gasteiger partial charge in [-0.2, -0.15) is 13.2 Å². The average molecular weight is 408 g/mol. The van der Waals surface area contributed by atoms with Gasteiger partial charge in [-0.15, -0.1) is 0 Å². The molecule has 29 heavy (non-hydrogen) atoms. The number of rotatable bonds is 4. The third-order valence-corrected chi connectivity index (χ3v) is 5.66. The second-order valence-electron chi connectivity index (χ2n) is 8.42. The lowest BCUT2D eigenvalue weighted by molar-refractivity contribution is -0.137. The molecule has 0 spiro atoms. The van der Waals surface area contributed by atoms with E-state index in [9.17, 15) is 22.4 Å². The molecule has 1 fully saturated rings. The summed E-state index contributed by atoms with van der Waals surface area (Å²) in [6, 6.07) is 6.67. The number of benzene rings is 1. The predicted octanol–water partition coefficient (Wildman–Crippen LogP) is 5.56. The van der Waals surface area contributed by atoms with E-state index in [1.165, 1.54) is 29.3 Å². The highest BCUT2D eigenvalue weighted by Crippen LogP contribution is 2.40. The van der Waals surface area contributed by atoms with Gasteiger partial charge < -0.3 is 0 Å². The Labute approximate surface area is 167 Å². The summed E-state index contributed by atoms with van der Waals surface area (Å²) < 4.78 is 53.2. The summed E-state index contributed by atoms with van der Waals surface area (Å²) in [6.07, 6.45) is -1.60. The standard InChI is InChI=1S/C22H24F4N2O/c1-14-9-18(23)20(27-13-14)28-8-7-16(11-19(28)29)21(2,3)12-15-5-4-6-17(10-15)22(24,25)26/h4-6,9-10,13,16H,7-8,11-12H2,1-3H3/t16-/m1/s1. The average Bonchev–Trinajstić information content (AvgIpc) is 2.61. The van der Waals surface area contributed by atoms with Crippen LogP contribution in [0.15, 0.2) is 36.5 Å². The molecule has 1 saturated heterocycles. The van der Waals surface area contributed by atoms with Gasteiger partial charge in [-0.1, -0.05) is 32.0 Å². The Kier molecular flexibility index (Phi) is 5.70. The highest BCUT2D eigenvalue weighted by Gasteiger charge is 2.38. The number of hydrogen-bond donors (Lipinski definition) is 0. The van der Waals surface area contributed by atoms with Gasteiger partial charge in [0.25, 0.3) is 0 Å². The number of carbonyl (C=O) groups excluding carboxylic acids is 1. The zero-order chi connectivity index (χ0) is 21.4. The van der Waals surface area contributed by atoms with Crippen LogP contribution in [0.1, 0.15) is 43.4 Å². The fraction of sp³-hybridized carbons (Fsp3) is 0.455. The summed E-state index contributed by atoms with van der Waals surface area (Å²) in [7, 11) is 0. The predicted molar refractivity (Wildman–Crippen MR) is 103 cm³/mol. The molecule has 1 amide bonds. The number of aryl methyl sites for hydroxylation is 1. The molecule has 156 valence electrons.